The Labute approximate surface area is 273 Å². The van der Waals surface area contributed by atoms with E-state index >= 15 is 0 Å². The van der Waals surface area contributed by atoms with Gasteiger partial charge in [0.1, 0.15) is 0 Å². The fraction of sp³-hybridized carbons (Fsp3) is 0.457. The van der Waals surface area contributed by atoms with Crippen LogP contribution in [-0.4, -0.2) is 56.6 Å². The molecule has 11 heteroatoms. The van der Waals surface area contributed by atoms with Crippen LogP contribution < -0.4 is 25.6 Å². The minimum Gasteiger partial charge on any atom is -0.377 e. The van der Waals surface area contributed by atoms with Gasteiger partial charge in [0.2, 0.25) is 27.9 Å². The number of sulfonamides is 1. The number of benzene rings is 3. The molecule has 246 valence electrons. The molecule has 0 unspecified atom stereocenters. The lowest BCUT2D eigenvalue weighted by molar-refractivity contribution is 0.461. The van der Waals surface area contributed by atoms with Crippen molar-refractivity contribution in [2.45, 2.75) is 82.2 Å². The molecule has 1 aliphatic rings. The summed E-state index contributed by atoms with van der Waals surface area (Å²) in [6.45, 7) is 3.84. The Kier molecular flexibility index (Phi) is 11.7. The third kappa shape index (κ3) is 9.29. The van der Waals surface area contributed by atoms with Gasteiger partial charge in [0.25, 0.3) is 0 Å². The molecule has 3 aromatic carbocycles. The van der Waals surface area contributed by atoms with Gasteiger partial charge >= 0.3 is 0 Å². The summed E-state index contributed by atoms with van der Waals surface area (Å²) in [5, 5.41) is 11.9. The number of hydrogen-bond donors (Lipinski definition) is 4. The molecule has 1 aliphatic carbocycles. The first-order chi connectivity index (χ1) is 22.3. The number of fused-ring (bicyclic) bond motifs is 1. The van der Waals surface area contributed by atoms with Crippen molar-refractivity contribution in [2.75, 3.05) is 48.0 Å². The quantitative estimate of drug-likeness (QED) is 0.0986. The van der Waals surface area contributed by atoms with Gasteiger partial charge in [-0.05, 0) is 50.3 Å². The zero-order valence-electron chi connectivity index (χ0n) is 27.3. The number of nitrogens with one attached hydrogen (secondary N) is 4. The second kappa shape index (κ2) is 16.0. The average Bonchev–Trinajstić information content (AvgIpc) is 3.05. The molecule has 5 rings (SSSR count). The van der Waals surface area contributed by atoms with Crippen molar-refractivity contribution in [3.8, 4) is 0 Å². The molecule has 0 aliphatic heterocycles. The van der Waals surface area contributed by atoms with Gasteiger partial charge in [-0.3, -0.25) is 0 Å². The highest BCUT2D eigenvalue weighted by molar-refractivity contribution is 7.89. The van der Waals surface area contributed by atoms with Crippen LogP contribution in [0, 0.1) is 6.92 Å². The molecule has 10 nitrogen and oxygen atoms in total. The highest BCUT2D eigenvalue weighted by atomic mass is 32.2. The van der Waals surface area contributed by atoms with Crippen molar-refractivity contribution in [3.63, 3.8) is 0 Å². The van der Waals surface area contributed by atoms with Gasteiger partial charge in [-0.15, -0.1) is 0 Å². The van der Waals surface area contributed by atoms with E-state index in [2.05, 4.69) is 66.8 Å². The van der Waals surface area contributed by atoms with E-state index in [0.29, 0.717) is 41.9 Å². The van der Waals surface area contributed by atoms with Crippen LogP contribution in [0.4, 0.5) is 23.5 Å². The standard InChI is InChI=1S/C35H48N8O2S/c1-26-19-21-27(22-20-26)25-37-34-40-33(41-35(42-34)39-28-13-7-6-8-14-28)36-23-9-4-5-10-24-38-46(44,45)32-18-12-15-29-30(32)16-11-17-31(29)43(2)3/h11-12,15-22,28,38H,4-10,13-14,23-25H2,1-3H3,(H3,36,37,39,40,41,42). The normalized spacial score (nSPS) is 13.9. The third-order valence-corrected chi connectivity index (χ3v) is 9.97. The van der Waals surface area contributed by atoms with Crippen LogP contribution in [0.3, 0.4) is 0 Å². The van der Waals surface area contributed by atoms with E-state index in [4.69, 9.17) is 0 Å². The summed E-state index contributed by atoms with van der Waals surface area (Å²) in [6, 6.07) is 20.0. The molecule has 0 amide bonds. The van der Waals surface area contributed by atoms with Gasteiger partial charge in [-0.2, -0.15) is 15.0 Å². The Morgan fingerprint density at radius 1 is 0.739 bits per heavy atom. The second-order valence-corrected chi connectivity index (χ2v) is 14.1. The van der Waals surface area contributed by atoms with Gasteiger partial charge in [0.05, 0.1) is 4.90 Å². The Hall–Kier alpha value is -3.96. The predicted molar refractivity (Wildman–Crippen MR) is 189 cm³/mol. The lowest BCUT2D eigenvalue weighted by Crippen LogP contribution is -2.25. The molecule has 1 saturated carbocycles. The largest absolute Gasteiger partial charge is 0.377 e. The van der Waals surface area contributed by atoms with E-state index in [1.807, 2.05) is 49.3 Å². The van der Waals surface area contributed by atoms with Crippen molar-refractivity contribution >= 4 is 44.3 Å². The molecular formula is C35H48N8O2S. The van der Waals surface area contributed by atoms with Gasteiger partial charge in [0, 0.05) is 56.2 Å². The summed E-state index contributed by atoms with van der Waals surface area (Å²) in [7, 11) is 0.300. The average molecular weight is 645 g/mol. The number of aryl methyl sites for hydroxylation is 1. The Balaban J connectivity index is 1.09. The van der Waals surface area contributed by atoms with Crippen LogP contribution in [0.15, 0.2) is 65.6 Å². The van der Waals surface area contributed by atoms with Crippen LogP contribution in [0.2, 0.25) is 0 Å². The summed E-state index contributed by atoms with van der Waals surface area (Å²) >= 11 is 0. The molecule has 0 saturated heterocycles. The fourth-order valence-corrected chi connectivity index (χ4v) is 7.19. The van der Waals surface area contributed by atoms with Gasteiger partial charge in [-0.1, -0.05) is 86.2 Å². The maximum absolute atomic E-state index is 13.2. The molecule has 0 spiro atoms. The van der Waals surface area contributed by atoms with Crippen molar-refractivity contribution < 1.29 is 8.42 Å². The highest BCUT2D eigenvalue weighted by Crippen LogP contribution is 2.30. The van der Waals surface area contributed by atoms with Crippen LogP contribution in [0.5, 0.6) is 0 Å². The smallest absolute Gasteiger partial charge is 0.241 e. The van der Waals surface area contributed by atoms with Gasteiger partial charge in [0.15, 0.2) is 0 Å². The van der Waals surface area contributed by atoms with Gasteiger partial charge in [-0.25, -0.2) is 13.1 Å². The lowest BCUT2D eigenvalue weighted by atomic mass is 9.96. The van der Waals surface area contributed by atoms with E-state index in [-0.39, 0.29) is 0 Å². The minimum atomic E-state index is -3.62. The predicted octanol–water partition coefficient (Wildman–Crippen LogP) is 6.71. The maximum atomic E-state index is 13.2. The zero-order chi connectivity index (χ0) is 32.4. The van der Waals surface area contributed by atoms with E-state index in [0.717, 1.165) is 61.5 Å². The van der Waals surface area contributed by atoms with Crippen LogP contribution >= 0.6 is 0 Å². The monoisotopic (exact) mass is 644 g/mol. The molecule has 1 heterocycles. The summed E-state index contributed by atoms with van der Waals surface area (Å²) < 4.78 is 29.2. The SMILES string of the molecule is Cc1ccc(CNc2nc(NCCCCCCNS(=O)(=O)c3cccc4c(N(C)C)cccc34)nc(NC3CCCCC3)n2)cc1. The van der Waals surface area contributed by atoms with E-state index < -0.39 is 10.0 Å². The third-order valence-electron chi connectivity index (χ3n) is 8.45. The molecular weight excluding hydrogens is 597 g/mol. The van der Waals surface area contributed by atoms with Crippen molar-refractivity contribution in [1.29, 1.82) is 0 Å². The molecule has 1 fully saturated rings. The highest BCUT2D eigenvalue weighted by Gasteiger charge is 2.18. The lowest BCUT2D eigenvalue weighted by Gasteiger charge is -2.23. The molecule has 0 atom stereocenters. The van der Waals surface area contributed by atoms with Crippen molar-refractivity contribution in [3.05, 3.63) is 71.8 Å². The minimum absolute atomic E-state index is 0.320. The number of aromatic nitrogens is 3. The number of anilines is 4. The van der Waals surface area contributed by atoms with Crippen LogP contribution in [-0.2, 0) is 16.6 Å². The number of hydrogen-bond acceptors (Lipinski definition) is 9. The summed E-state index contributed by atoms with van der Waals surface area (Å²) in [5.41, 5.74) is 3.39. The molecule has 0 bridgehead atoms. The number of unbranched alkanes of at least 4 members (excludes halogenated alkanes) is 3. The molecule has 0 radical (unpaired) electrons. The Bertz CT molecular complexity index is 1670. The van der Waals surface area contributed by atoms with Crippen molar-refractivity contribution in [1.82, 2.24) is 19.7 Å². The van der Waals surface area contributed by atoms with E-state index in [1.165, 1.54) is 30.4 Å². The molecule has 46 heavy (non-hydrogen) atoms. The second-order valence-electron chi connectivity index (χ2n) is 12.4. The number of nitrogens with zero attached hydrogens (tertiary/aromatic N) is 4. The first kappa shape index (κ1) is 33.4. The zero-order valence-corrected chi connectivity index (χ0v) is 28.2. The van der Waals surface area contributed by atoms with Crippen molar-refractivity contribution in [2.24, 2.45) is 0 Å². The Morgan fingerprint density at radius 3 is 2.13 bits per heavy atom. The van der Waals surface area contributed by atoms with E-state index in [1.54, 1.807) is 6.07 Å². The topological polar surface area (TPSA) is 124 Å². The Morgan fingerprint density at radius 2 is 1.39 bits per heavy atom. The van der Waals surface area contributed by atoms with Crippen LogP contribution in [0.1, 0.15) is 68.9 Å². The summed E-state index contributed by atoms with van der Waals surface area (Å²) in [5.74, 6) is 1.71. The maximum Gasteiger partial charge on any atom is 0.241 e. The van der Waals surface area contributed by atoms with Gasteiger partial charge < -0.3 is 20.9 Å². The number of rotatable bonds is 16. The summed E-state index contributed by atoms with van der Waals surface area (Å²) in [6.07, 6.45) is 9.59. The first-order valence-corrected chi connectivity index (χ1v) is 18.0. The fourth-order valence-electron chi connectivity index (χ4n) is 5.89. The first-order valence-electron chi connectivity index (χ1n) is 16.5. The molecule has 4 N–H and O–H groups in total. The molecule has 4 aromatic rings. The van der Waals surface area contributed by atoms with Crippen LogP contribution in [0.25, 0.3) is 10.8 Å². The molecule has 1 aromatic heterocycles. The summed E-state index contributed by atoms with van der Waals surface area (Å²) in [4.78, 5) is 16.3. The van der Waals surface area contributed by atoms with E-state index in [9.17, 15) is 8.42 Å².